The molecular weight excluding hydrogens is 449 g/mol. The van der Waals surface area contributed by atoms with Crippen molar-refractivity contribution in [2.45, 2.75) is 18.6 Å². The van der Waals surface area contributed by atoms with Gasteiger partial charge in [-0.05, 0) is 36.2 Å². The van der Waals surface area contributed by atoms with Crippen LogP contribution in [0.2, 0.25) is 0 Å². The smallest absolute Gasteiger partial charge is 0.385 e. The lowest BCUT2D eigenvalue weighted by Gasteiger charge is -2.11. The Morgan fingerprint density at radius 3 is 2.88 bits per heavy atom. The second kappa shape index (κ2) is 9.96. The summed E-state index contributed by atoms with van der Waals surface area (Å²) in [7, 11) is 0. The average molecular weight is 472 g/mol. The molecule has 0 bridgehead atoms. The summed E-state index contributed by atoms with van der Waals surface area (Å²) in [4.78, 5) is 16.2. The van der Waals surface area contributed by atoms with Gasteiger partial charge in [0.15, 0.2) is 0 Å². The van der Waals surface area contributed by atoms with E-state index in [0.29, 0.717) is 23.5 Å². The zero-order valence-corrected chi connectivity index (χ0v) is 18.0. The van der Waals surface area contributed by atoms with Gasteiger partial charge < -0.3 is 26.1 Å². The highest BCUT2D eigenvalue weighted by molar-refractivity contribution is 6.08. The summed E-state index contributed by atoms with van der Waals surface area (Å²) in [5.74, 6) is 0. The second-order valence-corrected chi connectivity index (χ2v) is 7.76. The number of benzene rings is 1. The van der Waals surface area contributed by atoms with Gasteiger partial charge in [0.25, 0.3) is 0 Å². The maximum atomic E-state index is 12.3. The summed E-state index contributed by atoms with van der Waals surface area (Å²) in [5.41, 5.74) is 3.99. The number of hydrogen-bond acceptors (Lipinski definition) is 5. The van der Waals surface area contributed by atoms with E-state index >= 15 is 0 Å². The summed E-state index contributed by atoms with van der Waals surface area (Å²) in [6.07, 6.45) is 3.02. The number of anilines is 1. The summed E-state index contributed by atoms with van der Waals surface area (Å²) >= 11 is 0. The van der Waals surface area contributed by atoms with Gasteiger partial charge in [0.1, 0.15) is 12.2 Å². The Morgan fingerprint density at radius 1 is 1.29 bits per heavy atom. The van der Waals surface area contributed by atoms with Crippen LogP contribution in [0, 0.1) is 5.41 Å². The number of nitrogens with zero attached hydrogens (tertiary/aromatic N) is 2. The number of urea groups is 1. The molecule has 0 radical (unpaired) electrons. The summed E-state index contributed by atoms with van der Waals surface area (Å²) < 4.78 is 44.1. The molecule has 2 amide bonds. The van der Waals surface area contributed by atoms with Gasteiger partial charge >= 0.3 is 12.2 Å². The molecule has 0 saturated carbocycles. The Morgan fingerprint density at radius 2 is 2.15 bits per heavy atom. The minimum absolute atomic E-state index is 0.230. The number of imidazole rings is 1. The lowest BCUT2D eigenvalue weighted by molar-refractivity contribution is -0.122. The SMILES string of the molecule is N=C/C(=C\NC1CCOC1)c1ccn2c(-c3cccc(NC(=O)NCC(F)(F)F)c3)cnc2c1. The van der Waals surface area contributed by atoms with Crippen LogP contribution in [0.1, 0.15) is 12.0 Å². The number of halogens is 3. The molecule has 4 rings (SSSR count). The van der Waals surface area contributed by atoms with Gasteiger partial charge in [-0.3, -0.25) is 4.40 Å². The van der Waals surface area contributed by atoms with Crippen LogP contribution < -0.4 is 16.0 Å². The molecule has 11 heteroatoms. The number of allylic oxidation sites excluding steroid dienone is 1. The first-order chi connectivity index (χ1) is 16.3. The molecule has 8 nitrogen and oxygen atoms in total. The number of aromatic nitrogens is 2. The van der Waals surface area contributed by atoms with Crippen LogP contribution in [0.3, 0.4) is 0 Å². The minimum atomic E-state index is -4.48. The first-order valence-electron chi connectivity index (χ1n) is 10.6. The summed E-state index contributed by atoms with van der Waals surface area (Å²) in [6, 6.07) is 9.76. The standard InChI is InChI=1S/C23H23F3N6O2/c24-23(25,26)14-30-22(33)31-18-3-1-2-16(8-18)20-12-29-21-9-15(4-6-32(20)21)17(10-27)11-28-19-5-7-34-13-19/h1-4,6,8-12,19,27-28H,5,7,13-14H2,(H2,30,31,33)/b17-11+,27-10?. The first-order valence-corrected chi connectivity index (χ1v) is 10.6. The third kappa shape index (κ3) is 5.73. The van der Waals surface area contributed by atoms with Crippen molar-refractivity contribution in [3.05, 3.63) is 60.6 Å². The molecule has 1 saturated heterocycles. The molecule has 2 aromatic heterocycles. The van der Waals surface area contributed by atoms with Gasteiger partial charge in [-0.15, -0.1) is 0 Å². The number of amides is 2. The van der Waals surface area contributed by atoms with E-state index < -0.39 is 18.8 Å². The van der Waals surface area contributed by atoms with Crippen molar-refractivity contribution >= 4 is 29.2 Å². The van der Waals surface area contributed by atoms with Crippen molar-refractivity contribution in [2.24, 2.45) is 0 Å². The second-order valence-electron chi connectivity index (χ2n) is 7.76. The molecule has 34 heavy (non-hydrogen) atoms. The predicted octanol–water partition coefficient (Wildman–Crippen LogP) is 4.05. The molecule has 1 fully saturated rings. The molecule has 1 unspecified atom stereocenters. The number of carbonyl (C=O) groups excluding carboxylic acids is 1. The lowest BCUT2D eigenvalue weighted by atomic mass is 10.1. The monoisotopic (exact) mass is 472 g/mol. The third-order valence-electron chi connectivity index (χ3n) is 5.27. The Hall–Kier alpha value is -3.86. The summed E-state index contributed by atoms with van der Waals surface area (Å²) in [6.45, 7) is -0.0458. The predicted molar refractivity (Wildman–Crippen MR) is 123 cm³/mol. The zero-order valence-electron chi connectivity index (χ0n) is 18.0. The number of hydrogen-bond donors (Lipinski definition) is 4. The van der Waals surface area contributed by atoms with Crippen molar-refractivity contribution in [1.29, 1.82) is 5.41 Å². The number of nitrogens with one attached hydrogen (secondary N) is 4. The van der Waals surface area contributed by atoms with E-state index in [-0.39, 0.29) is 6.04 Å². The molecule has 1 aromatic carbocycles. The number of fused-ring (bicyclic) bond motifs is 1. The van der Waals surface area contributed by atoms with E-state index in [9.17, 15) is 18.0 Å². The summed E-state index contributed by atoms with van der Waals surface area (Å²) in [5, 5.41) is 15.2. The third-order valence-corrected chi connectivity index (χ3v) is 5.27. The maximum Gasteiger partial charge on any atom is 0.405 e. The average Bonchev–Trinajstić information content (AvgIpc) is 3.47. The first kappa shape index (κ1) is 23.3. The number of ether oxygens (including phenoxy) is 1. The van der Waals surface area contributed by atoms with Gasteiger partial charge in [0, 0.05) is 42.0 Å². The topological polar surface area (TPSA) is 104 Å². The van der Waals surface area contributed by atoms with Gasteiger partial charge in [-0.25, -0.2) is 9.78 Å². The molecule has 4 N–H and O–H groups in total. The van der Waals surface area contributed by atoms with E-state index in [1.807, 2.05) is 28.8 Å². The van der Waals surface area contributed by atoms with E-state index in [4.69, 9.17) is 10.1 Å². The molecular formula is C23H23F3N6O2. The van der Waals surface area contributed by atoms with Crippen LogP contribution in [0.5, 0.6) is 0 Å². The van der Waals surface area contributed by atoms with Crippen molar-refractivity contribution < 1.29 is 22.7 Å². The Balaban J connectivity index is 1.52. The van der Waals surface area contributed by atoms with Crippen LogP contribution >= 0.6 is 0 Å². The van der Waals surface area contributed by atoms with Crippen molar-refractivity contribution in [3.63, 3.8) is 0 Å². The van der Waals surface area contributed by atoms with E-state index in [1.54, 1.807) is 35.9 Å². The van der Waals surface area contributed by atoms with Crippen molar-refractivity contribution in [3.8, 4) is 11.3 Å². The molecule has 178 valence electrons. The van der Waals surface area contributed by atoms with Crippen LogP contribution in [0.15, 0.2) is 55.0 Å². The van der Waals surface area contributed by atoms with Crippen LogP contribution in [0.25, 0.3) is 22.5 Å². The molecule has 1 aliphatic heterocycles. The van der Waals surface area contributed by atoms with E-state index in [0.717, 1.165) is 29.8 Å². The fourth-order valence-corrected chi connectivity index (χ4v) is 3.57. The van der Waals surface area contributed by atoms with Crippen LogP contribution in [-0.4, -0.2) is 53.6 Å². The quantitative estimate of drug-likeness (QED) is 0.390. The number of rotatable bonds is 7. The normalized spacial score (nSPS) is 16.4. The lowest BCUT2D eigenvalue weighted by Crippen LogP contribution is -2.36. The number of alkyl halides is 3. The van der Waals surface area contributed by atoms with Gasteiger partial charge in [0.2, 0.25) is 0 Å². The van der Waals surface area contributed by atoms with E-state index in [2.05, 4.69) is 15.6 Å². The molecule has 3 heterocycles. The molecule has 0 aliphatic carbocycles. The fourth-order valence-electron chi connectivity index (χ4n) is 3.57. The Bertz CT molecular complexity index is 1210. The highest BCUT2D eigenvalue weighted by Crippen LogP contribution is 2.25. The fraction of sp³-hybridized carbons (Fsp3) is 0.261. The highest BCUT2D eigenvalue weighted by Gasteiger charge is 2.27. The van der Waals surface area contributed by atoms with Crippen LogP contribution in [0.4, 0.5) is 23.7 Å². The number of carbonyl (C=O) groups is 1. The Kier molecular flexibility index (Phi) is 6.82. The van der Waals surface area contributed by atoms with Crippen molar-refractivity contribution in [2.75, 3.05) is 25.1 Å². The molecule has 1 aliphatic rings. The minimum Gasteiger partial charge on any atom is -0.385 e. The largest absolute Gasteiger partial charge is 0.405 e. The van der Waals surface area contributed by atoms with Crippen LogP contribution in [-0.2, 0) is 4.74 Å². The van der Waals surface area contributed by atoms with Gasteiger partial charge in [-0.1, -0.05) is 12.1 Å². The Labute approximate surface area is 193 Å². The molecule has 1 atom stereocenters. The molecule has 0 spiro atoms. The zero-order chi connectivity index (χ0) is 24.1. The van der Waals surface area contributed by atoms with Gasteiger partial charge in [-0.2, -0.15) is 13.2 Å². The van der Waals surface area contributed by atoms with Crippen molar-refractivity contribution in [1.82, 2.24) is 20.0 Å². The maximum absolute atomic E-state index is 12.3. The highest BCUT2D eigenvalue weighted by atomic mass is 19.4. The number of pyridine rings is 1. The van der Waals surface area contributed by atoms with Gasteiger partial charge in [0.05, 0.1) is 24.5 Å². The van der Waals surface area contributed by atoms with E-state index in [1.165, 1.54) is 6.21 Å². The molecule has 3 aromatic rings.